The van der Waals surface area contributed by atoms with Crippen molar-refractivity contribution >= 4 is 11.8 Å². The molecule has 188 valence electrons. The van der Waals surface area contributed by atoms with Crippen LogP contribution in [0.15, 0.2) is 42.9 Å². The first-order valence-electron chi connectivity index (χ1n) is 12.5. The van der Waals surface area contributed by atoms with Gasteiger partial charge in [-0.2, -0.15) is 0 Å². The van der Waals surface area contributed by atoms with Crippen molar-refractivity contribution in [1.29, 1.82) is 0 Å². The zero-order chi connectivity index (χ0) is 25.2. The first-order valence-corrected chi connectivity index (χ1v) is 12.5. The Bertz CT molecular complexity index is 1030. The molecule has 0 unspecified atom stereocenters. The summed E-state index contributed by atoms with van der Waals surface area (Å²) in [5.41, 5.74) is 1.07. The van der Waals surface area contributed by atoms with E-state index in [2.05, 4.69) is 34.4 Å². The predicted octanol–water partition coefficient (Wildman–Crippen LogP) is 3.49. The third-order valence-corrected chi connectivity index (χ3v) is 8.44. The van der Waals surface area contributed by atoms with Gasteiger partial charge in [-0.1, -0.05) is 32.9 Å². The zero-order valence-corrected chi connectivity index (χ0v) is 20.6. The molecule has 2 aliphatic carbocycles. The van der Waals surface area contributed by atoms with Crippen LogP contribution in [-0.4, -0.2) is 39.0 Å². The van der Waals surface area contributed by atoms with E-state index in [-0.39, 0.29) is 58.5 Å². The Morgan fingerprint density at radius 1 is 1.20 bits per heavy atom. The van der Waals surface area contributed by atoms with Crippen LogP contribution in [0.1, 0.15) is 62.5 Å². The zero-order valence-electron chi connectivity index (χ0n) is 20.6. The van der Waals surface area contributed by atoms with Crippen molar-refractivity contribution in [3.05, 3.63) is 59.9 Å². The fourth-order valence-corrected chi connectivity index (χ4v) is 6.30. The molecule has 8 heteroatoms. The lowest BCUT2D eigenvalue weighted by Crippen LogP contribution is -2.58. The third-order valence-electron chi connectivity index (χ3n) is 8.44. The maximum Gasteiger partial charge on any atom is 0.271 e. The van der Waals surface area contributed by atoms with E-state index in [1.165, 1.54) is 30.7 Å². The van der Waals surface area contributed by atoms with E-state index in [0.717, 1.165) is 31.2 Å². The number of hydrogen-bond donors (Lipinski definition) is 3. The molecule has 1 heterocycles. The van der Waals surface area contributed by atoms with Gasteiger partial charge in [-0.05, 0) is 66.5 Å². The number of aliphatic hydroxyl groups is 1. The highest BCUT2D eigenvalue weighted by Gasteiger charge is 2.53. The van der Waals surface area contributed by atoms with E-state index in [1.54, 1.807) is 12.1 Å². The van der Waals surface area contributed by atoms with Gasteiger partial charge in [0, 0.05) is 30.9 Å². The molecule has 4 rings (SSSR count). The van der Waals surface area contributed by atoms with Gasteiger partial charge in [0.25, 0.3) is 5.91 Å². The van der Waals surface area contributed by atoms with Gasteiger partial charge < -0.3 is 15.7 Å². The molecule has 2 amide bonds. The Morgan fingerprint density at radius 2 is 1.91 bits per heavy atom. The number of rotatable bonds is 6. The quantitative estimate of drug-likeness (QED) is 0.585. The van der Waals surface area contributed by atoms with Gasteiger partial charge in [-0.15, -0.1) is 0 Å². The largest absolute Gasteiger partial charge is 0.392 e. The monoisotopic (exact) mass is 482 g/mol. The average Bonchev–Trinajstić information content (AvgIpc) is 2.85. The van der Waals surface area contributed by atoms with Gasteiger partial charge in [0.15, 0.2) is 0 Å². The molecule has 7 atom stereocenters. The molecule has 0 saturated heterocycles. The molecule has 35 heavy (non-hydrogen) atoms. The van der Waals surface area contributed by atoms with Crippen molar-refractivity contribution in [2.45, 2.75) is 65.1 Å². The van der Waals surface area contributed by atoms with Crippen LogP contribution in [0.3, 0.4) is 0 Å². The highest BCUT2D eigenvalue weighted by atomic mass is 19.1. The molecule has 0 spiro atoms. The number of carbonyl (C=O) groups is 2. The van der Waals surface area contributed by atoms with Gasteiger partial charge >= 0.3 is 0 Å². The number of benzene rings is 1. The van der Waals surface area contributed by atoms with Crippen LogP contribution in [0.5, 0.6) is 0 Å². The number of nitrogens with one attached hydrogen (secondary N) is 2. The number of carbonyl (C=O) groups excluding carboxylic acids is 2. The number of aromatic nitrogens is 2. The van der Waals surface area contributed by atoms with Crippen LogP contribution in [0.4, 0.5) is 4.39 Å². The fourth-order valence-electron chi connectivity index (χ4n) is 6.30. The van der Waals surface area contributed by atoms with Gasteiger partial charge in [0.05, 0.1) is 12.3 Å². The molecule has 2 aromatic rings. The highest BCUT2D eigenvalue weighted by molar-refractivity contribution is 5.92. The van der Waals surface area contributed by atoms with Crippen molar-refractivity contribution in [2.75, 3.05) is 0 Å². The Labute approximate surface area is 206 Å². The molecular weight excluding hydrogens is 447 g/mol. The van der Waals surface area contributed by atoms with Crippen LogP contribution in [0.2, 0.25) is 0 Å². The second-order valence-electron chi connectivity index (χ2n) is 10.6. The summed E-state index contributed by atoms with van der Waals surface area (Å²) in [5, 5.41) is 17.6. The fraction of sp³-hybridized carbons (Fsp3) is 0.556. The molecule has 0 bridgehead atoms. The topological polar surface area (TPSA) is 104 Å². The van der Waals surface area contributed by atoms with Gasteiger partial charge in [-0.3, -0.25) is 14.6 Å². The lowest BCUT2D eigenvalue weighted by atomic mass is 9.51. The van der Waals surface area contributed by atoms with E-state index < -0.39 is 6.10 Å². The van der Waals surface area contributed by atoms with Crippen LogP contribution in [-0.2, 0) is 11.3 Å². The summed E-state index contributed by atoms with van der Waals surface area (Å²) in [5.74, 6) is -1.20. The summed E-state index contributed by atoms with van der Waals surface area (Å²) in [4.78, 5) is 33.7. The number of fused-ring (bicyclic) bond motifs is 1. The molecular formula is C27H35FN4O3. The summed E-state index contributed by atoms with van der Waals surface area (Å²) in [7, 11) is 0. The van der Waals surface area contributed by atoms with Crippen LogP contribution < -0.4 is 10.6 Å². The number of amides is 2. The second kappa shape index (κ2) is 10.4. The van der Waals surface area contributed by atoms with Gasteiger partial charge in [-0.25, -0.2) is 9.37 Å². The number of halogens is 1. The smallest absolute Gasteiger partial charge is 0.271 e. The minimum absolute atomic E-state index is 0.0329. The lowest BCUT2D eigenvalue weighted by molar-refractivity contribution is -0.142. The normalized spacial score (nSPS) is 31.2. The van der Waals surface area contributed by atoms with Crippen LogP contribution in [0.25, 0.3) is 0 Å². The minimum Gasteiger partial charge on any atom is -0.392 e. The van der Waals surface area contributed by atoms with E-state index in [1.807, 2.05) is 6.92 Å². The maximum atomic E-state index is 13.1. The molecule has 1 aromatic heterocycles. The van der Waals surface area contributed by atoms with Gasteiger partial charge in [0.2, 0.25) is 5.91 Å². The van der Waals surface area contributed by atoms with Crippen molar-refractivity contribution in [3.8, 4) is 0 Å². The first-order chi connectivity index (χ1) is 16.7. The summed E-state index contributed by atoms with van der Waals surface area (Å²) in [6, 6.07) is 5.97. The van der Waals surface area contributed by atoms with Crippen LogP contribution >= 0.6 is 0 Å². The average molecular weight is 483 g/mol. The summed E-state index contributed by atoms with van der Waals surface area (Å²) < 4.78 is 13.1. The molecule has 2 aliphatic rings. The minimum atomic E-state index is -0.647. The Hall–Kier alpha value is -2.87. The molecule has 2 saturated carbocycles. The number of hydrogen-bond acceptors (Lipinski definition) is 5. The van der Waals surface area contributed by atoms with Crippen molar-refractivity contribution < 1.29 is 19.1 Å². The number of nitrogens with zero attached hydrogens (tertiary/aromatic N) is 2. The SMILES string of the molecule is C[C@@H]1[C@@H]2[C@@H](O)[C@H]([C@H](C)C(=O)NCc3ccc(F)cc3)CC[C@]2(C)CC[C@@H]1NC(=O)c1cnccn1. The molecule has 2 fully saturated rings. The molecule has 0 aliphatic heterocycles. The molecule has 3 N–H and O–H groups in total. The van der Waals surface area contributed by atoms with E-state index in [9.17, 15) is 19.1 Å². The Balaban J connectivity index is 1.41. The predicted molar refractivity (Wildman–Crippen MR) is 129 cm³/mol. The Kier molecular flexibility index (Phi) is 7.50. The standard InChI is InChI=1S/C27H35FN4O3/c1-16(25(34)31-14-18-4-6-19(28)7-5-18)20-8-10-27(3)11-9-21(17(2)23(27)24(20)33)32-26(35)22-15-29-12-13-30-22/h4-7,12-13,15-17,20-21,23-24,33H,8-11,14H2,1-3H3,(H,31,34)(H,32,35)/t16-,17-,20-,21-,23+,24-,27+/m0/s1. The molecule has 1 aromatic carbocycles. The van der Waals surface area contributed by atoms with E-state index >= 15 is 0 Å². The second-order valence-corrected chi connectivity index (χ2v) is 10.6. The summed E-state index contributed by atoms with van der Waals surface area (Å²) in [6.07, 6.45) is 7.28. The van der Waals surface area contributed by atoms with Gasteiger partial charge in [0.1, 0.15) is 11.5 Å². The third kappa shape index (κ3) is 5.37. The maximum absolute atomic E-state index is 13.1. The van der Waals surface area contributed by atoms with E-state index in [4.69, 9.17) is 0 Å². The Morgan fingerprint density at radius 3 is 2.60 bits per heavy atom. The van der Waals surface area contributed by atoms with E-state index in [0.29, 0.717) is 6.54 Å². The summed E-state index contributed by atoms with van der Waals surface area (Å²) in [6.45, 7) is 6.51. The van der Waals surface area contributed by atoms with Crippen LogP contribution in [0, 0.1) is 34.9 Å². The highest BCUT2D eigenvalue weighted by Crippen LogP contribution is 2.55. The van der Waals surface area contributed by atoms with Crippen molar-refractivity contribution in [2.24, 2.45) is 29.1 Å². The van der Waals surface area contributed by atoms with Crippen molar-refractivity contribution in [3.63, 3.8) is 0 Å². The number of aliphatic hydroxyl groups excluding tert-OH is 1. The van der Waals surface area contributed by atoms with Crippen molar-refractivity contribution in [1.82, 2.24) is 20.6 Å². The summed E-state index contributed by atoms with van der Waals surface area (Å²) >= 11 is 0. The lowest BCUT2D eigenvalue weighted by Gasteiger charge is -2.56. The molecule has 0 radical (unpaired) electrons. The first kappa shape index (κ1) is 25.2. The molecule has 7 nitrogen and oxygen atoms in total.